The molecule has 0 radical (unpaired) electrons. The molecule has 0 atom stereocenters. The third kappa shape index (κ3) is 1.37. The van der Waals surface area contributed by atoms with Crippen LogP contribution in [0.15, 0.2) is 12.0 Å². The quantitative estimate of drug-likeness (QED) is 0.531. The number of allylic oxidation sites excluding steroid dienone is 1. The van der Waals surface area contributed by atoms with Crippen molar-refractivity contribution < 1.29 is 4.74 Å². The third-order valence-electron chi connectivity index (χ3n) is 1.36. The zero-order chi connectivity index (χ0) is 6.91. The lowest BCUT2D eigenvalue weighted by Gasteiger charge is -2.18. The Kier molecular flexibility index (Phi) is 1.39. The Hall–Kier alpha value is -0.660. The smallest absolute Gasteiger partial charge is 0.158 e. The summed E-state index contributed by atoms with van der Waals surface area (Å²) in [5, 5.41) is 3.14. The normalized spacial score (nSPS) is 18.3. The average molecular weight is 127 g/mol. The number of ether oxygens (including phenoxy) is 1. The van der Waals surface area contributed by atoms with Gasteiger partial charge < -0.3 is 10.1 Å². The van der Waals surface area contributed by atoms with Gasteiger partial charge in [0.15, 0.2) is 6.73 Å². The molecule has 1 aliphatic heterocycles. The third-order valence-corrected chi connectivity index (χ3v) is 1.36. The fourth-order valence-electron chi connectivity index (χ4n) is 0.728. The van der Waals surface area contributed by atoms with Gasteiger partial charge in [-0.05, 0) is 0 Å². The minimum Gasteiger partial charge on any atom is -0.479 e. The lowest BCUT2D eigenvalue weighted by Crippen LogP contribution is -2.20. The first-order valence-corrected chi connectivity index (χ1v) is 3.17. The molecule has 1 heterocycles. The van der Waals surface area contributed by atoms with Crippen molar-refractivity contribution in [2.45, 2.75) is 20.8 Å². The van der Waals surface area contributed by atoms with Crippen molar-refractivity contribution in [3.05, 3.63) is 12.0 Å². The van der Waals surface area contributed by atoms with Crippen molar-refractivity contribution in [3.8, 4) is 0 Å². The van der Waals surface area contributed by atoms with Crippen LogP contribution in [0.5, 0.6) is 0 Å². The zero-order valence-corrected chi connectivity index (χ0v) is 6.19. The van der Waals surface area contributed by atoms with E-state index in [2.05, 4.69) is 26.1 Å². The summed E-state index contributed by atoms with van der Waals surface area (Å²) in [5.41, 5.74) is 1.39. The molecule has 0 aromatic heterocycles. The molecule has 1 rings (SSSR count). The van der Waals surface area contributed by atoms with E-state index in [-0.39, 0.29) is 5.41 Å². The zero-order valence-electron chi connectivity index (χ0n) is 6.19. The molecule has 1 aliphatic rings. The van der Waals surface area contributed by atoms with Crippen molar-refractivity contribution in [2.24, 2.45) is 5.41 Å². The van der Waals surface area contributed by atoms with Crippen LogP contribution in [0.4, 0.5) is 0 Å². The second-order valence-corrected chi connectivity index (χ2v) is 3.27. The van der Waals surface area contributed by atoms with E-state index in [4.69, 9.17) is 4.74 Å². The highest BCUT2D eigenvalue weighted by molar-refractivity contribution is 5.07. The largest absolute Gasteiger partial charge is 0.479 e. The van der Waals surface area contributed by atoms with Gasteiger partial charge in [-0.1, -0.05) is 20.8 Å². The van der Waals surface area contributed by atoms with Gasteiger partial charge in [0.2, 0.25) is 0 Å². The summed E-state index contributed by atoms with van der Waals surface area (Å²) < 4.78 is 5.01. The van der Waals surface area contributed by atoms with Crippen molar-refractivity contribution >= 4 is 0 Å². The molecule has 0 aliphatic carbocycles. The molecule has 52 valence electrons. The van der Waals surface area contributed by atoms with E-state index in [1.807, 2.05) is 0 Å². The SMILES string of the molecule is CC(C)(C)C1=COCN1. The molecule has 0 fully saturated rings. The summed E-state index contributed by atoms with van der Waals surface area (Å²) in [6.07, 6.45) is 1.79. The van der Waals surface area contributed by atoms with Crippen LogP contribution in [-0.4, -0.2) is 6.73 Å². The maximum Gasteiger partial charge on any atom is 0.158 e. The van der Waals surface area contributed by atoms with Gasteiger partial charge in [0.25, 0.3) is 0 Å². The second-order valence-electron chi connectivity index (χ2n) is 3.27. The van der Waals surface area contributed by atoms with Gasteiger partial charge in [-0.2, -0.15) is 0 Å². The van der Waals surface area contributed by atoms with Crippen molar-refractivity contribution in [3.63, 3.8) is 0 Å². The van der Waals surface area contributed by atoms with Crippen LogP contribution in [0.2, 0.25) is 0 Å². The molecular weight excluding hydrogens is 114 g/mol. The van der Waals surface area contributed by atoms with Gasteiger partial charge in [0.05, 0.1) is 5.70 Å². The van der Waals surface area contributed by atoms with Crippen LogP contribution in [0.25, 0.3) is 0 Å². The molecule has 0 unspecified atom stereocenters. The summed E-state index contributed by atoms with van der Waals surface area (Å²) in [7, 11) is 0. The van der Waals surface area contributed by atoms with Gasteiger partial charge in [-0.25, -0.2) is 0 Å². The van der Waals surface area contributed by atoms with Crippen molar-refractivity contribution in [1.29, 1.82) is 0 Å². The van der Waals surface area contributed by atoms with Crippen LogP contribution >= 0.6 is 0 Å². The Balaban J connectivity index is 2.61. The molecular formula is C7H13NO. The summed E-state index contributed by atoms with van der Waals surface area (Å²) in [6, 6.07) is 0. The summed E-state index contributed by atoms with van der Waals surface area (Å²) in [5.74, 6) is 0. The van der Waals surface area contributed by atoms with E-state index < -0.39 is 0 Å². The minimum absolute atomic E-state index is 0.205. The number of rotatable bonds is 0. The monoisotopic (exact) mass is 127 g/mol. The van der Waals surface area contributed by atoms with Gasteiger partial charge in [0, 0.05) is 5.41 Å². The molecule has 0 amide bonds. The summed E-state index contributed by atoms with van der Waals surface area (Å²) in [6.45, 7) is 7.09. The fraction of sp³-hybridized carbons (Fsp3) is 0.714. The van der Waals surface area contributed by atoms with Crippen molar-refractivity contribution in [1.82, 2.24) is 5.32 Å². The van der Waals surface area contributed by atoms with E-state index in [0.29, 0.717) is 6.73 Å². The standard InChI is InChI=1S/C7H13NO/c1-7(2,3)6-4-9-5-8-6/h4,8H,5H2,1-3H3. The Labute approximate surface area is 55.9 Å². The van der Waals surface area contributed by atoms with Crippen LogP contribution in [0.3, 0.4) is 0 Å². The Morgan fingerprint density at radius 2 is 2.22 bits per heavy atom. The molecule has 9 heavy (non-hydrogen) atoms. The summed E-state index contributed by atoms with van der Waals surface area (Å²) >= 11 is 0. The van der Waals surface area contributed by atoms with E-state index in [9.17, 15) is 0 Å². The van der Waals surface area contributed by atoms with Crippen LogP contribution in [-0.2, 0) is 4.74 Å². The van der Waals surface area contributed by atoms with Crippen LogP contribution in [0, 0.1) is 5.41 Å². The van der Waals surface area contributed by atoms with Crippen molar-refractivity contribution in [2.75, 3.05) is 6.73 Å². The molecule has 0 spiro atoms. The Bertz CT molecular complexity index is 132. The first-order chi connectivity index (χ1) is 4.11. The molecule has 1 N–H and O–H groups in total. The summed E-state index contributed by atoms with van der Waals surface area (Å²) in [4.78, 5) is 0. The molecule has 2 heteroatoms. The lowest BCUT2D eigenvalue weighted by molar-refractivity contribution is 0.266. The first kappa shape index (κ1) is 6.46. The maximum absolute atomic E-state index is 5.01. The van der Waals surface area contributed by atoms with Crippen LogP contribution in [0.1, 0.15) is 20.8 Å². The second kappa shape index (κ2) is 1.94. The van der Waals surface area contributed by atoms with E-state index in [0.717, 1.165) is 0 Å². The molecule has 0 bridgehead atoms. The van der Waals surface area contributed by atoms with Gasteiger partial charge >= 0.3 is 0 Å². The molecule has 2 nitrogen and oxygen atoms in total. The van der Waals surface area contributed by atoms with E-state index >= 15 is 0 Å². The predicted octanol–water partition coefficient (Wildman–Crippen LogP) is 1.45. The Morgan fingerprint density at radius 3 is 2.44 bits per heavy atom. The number of hydrogen-bond donors (Lipinski definition) is 1. The highest BCUT2D eigenvalue weighted by Crippen LogP contribution is 2.24. The van der Waals surface area contributed by atoms with Gasteiger partial charge in [-0.3, -0.25) is 0 Å². The lowest BCUT2D eigenvalue weighted by atomic mass is 9.93. The van der Waals surface area contributed by atoms with E-state index in [1.165, 1.54) is 5.70 Å². The highest BCUT2D eigenvalue weighted by atomic mass is 16.5. The molecule has 0 aromatic rings. The first-order valence-electron chi connectivity index (χ1n) is 3.17. The number of hydrogen-bond acceptors (Lipinski definition) is 2. The average Bonchev–Trinajstić information content (AvgIpc) is 2.08. The van der Waals surface area contributed by atoms with Gasteiger partial charge in [0.1, 0.15) is 6.26 Å². The fourth-order valence-corrected chi connectivity index (χ4v) is 0.728. The molecule has 0 saturated carbocycles. The predicted molar refractivity (Wildman–Crippen MR) is 36.6 cm³/mol. The minimum atomic E-state index is 0.205. The Morgan fingerprint density at radius 1 is 1.56 bits per heavy atom. The maximum atomic E-state index is 5.01. The molecule has 0 saturated heterocycles. The topological polar surface area (TPSA) is 21.3 Å². The molecule has 0 aromatic carbocycles. The highest BCUT2D eigenvalue weighted by Gasteiger charge is 2.19. The number of nitrogens with one attached hydrogen (secondary N) is 1. The van der Waals surface area contributed by atoms with E-state index in [1.54, 1.807) is 6.26 Å². The van der Waals surface area contributed by atoms with Gasteiger partial charge in [-0.15, -0.1) is 0 Å². The van der Waals surface area contributed by atoms with Crippen LogP contribution < -0.4 is 5.32 Å².